The molecule has 4 atom stereocenters. The fraction of sp³-hybridized carbons (Fsp3) is 0.643. The van der Waals surface area contributed by atoms with Gasteiger partial charge < -0.3 is 24.8 Å². The zero-order valence-electron chi connectivity index (χ0n) is 21.9. The molecule has 2 N–H and O–H groups in total. The van der Waals surface area contributed by atoms with Gasteiger partial charge in [0.25, 0.3) is 0 Å². The van der Waals surface area contributed by atoms with Crippen molar-refractivity contribution >= 4 is 39.8 Å². The number of piperazine rings is 1. The summed E-state index contributed by atoms with van der Waals surface area (Å²) in [6.45, 7) is 11.3. The van der Waals surface area contributed by atoms with E-state index in [0.29, 0.717) is 24.1 Å². The predicted octanol–water partition coefficient (Wildman–Crippen LogP) is 3.69. The van der Waals surface area contributed by atoms with E-state index in [2.05, 4.69) is 46.9 Å². The van der Waals surface area contributed by atoms with E-state index < -0.39 is 6.10 Å². The summed E-state index contributed by atoms with van der Waals surface area (Å²) < 4.78 is 11.4. The lowest BCUT2D eigenvalue weighted by Gasteiger charge is -2.45. The number of rotatable bonds is 4. The van der Waals surface area contributed by atoms with Crippen molar-refractivity contribution in [1.29, 1.82) is 0 Å². The van der Waals surface area contributed by atoms with E-state index in [0.717, 1.165) is 68.5 Å². The molecular weight excluding hydrogens is 492 g/mol. The molecule has 200 valence electrons. The van der Waals surface area contributed by atoms with Gasteiger partial charge in [-0.25, -0.2) is 4.98 Å². The number of nitrogens with one attached hydrogen (secondary N) is 1. The highest BCUT2D eigenvalue weighted by Crippen LogP contribution is 2.62. The van der Waals surface area contributed by atoms with Gasteiger partial charge in [-0.15, -0.1) is 0 Å². The number of anilines is 2. The first-order chi connectivity index (χ1) is 17.6. The van der Waals surface area contributed by atoms with Gasteiger partial charge in [0.15, 0.2) is 0 Å². The molecule has 1 aromatic heterocycles. The number of aliphatic hydroxyl groups is 1. The van der Waals surface area contributed by atoms with E-state index in [9.17, 15) is 9.90 Å². The minimum atomic E-state index is -0.465. The number of amides is 1. The van der Waals surface area contributed by atoms with Crippen LogP contribution < -0.4 is 10.2 Å². The number of aromatic nitrogens is 1. The zero-order chi connectivity index (χ0) is 26.0. The summed E-state index contributed by atoms with van der Waals surface area (Å²) in [5.41, 5.74) is 0.552. The van der Waals surface area contributed by atoms with Crippen LogP contribution in [0.2, 0.25) is 5.02 Å². The number of pyridine rings is 1. The van der Waals surface area contributed by atoms with Gasteiger partial charge in [0.05, 0.1) is 41.2 Å². The average Bonchev–Trinajstić information content (AvgIpc) is 3.42. The highest BCUT2D eigenvalue weighted by atomic mass is 35.5. The molecule has 1 saturated carbocycles. The molecular formula is C28H37ClN4O4. The molecule has 37 heavy (non-hydrogen) atoms. The molecule has 1 spiro atoms. The Hall–Kier alpha value is -1.97. The molecule has 3 saturated heterocycles. The van der Waals surface area contributed by atoms with Crippen molar-refractivity contribution in [2.24, 2.45) is 11.3 Å². The molecule has 1 aromatic carbocycles. The first-order valence-corrected chi connectivity index (χ1v) is 13.8. The topological polar surface area (TPSA) is 87.2 Å². The highest BCUT2D eigenvalue weighted by Gasteiger charge is 2.61. The van der Waals surface area contributed by atoms with Crippen LogP contribution in [-0.2, 0) is 14.3 Å². The van der Waals surface area contributed by atoms with Gasteiger partial charge in [-0.3, -0.25) is 9.69 Å². The maximum absolute atomic E-state index is 13.1. The molecule has 1 aliphatic carbocycles. The number of aliphatic hydroxyl groups excluding tert-OH is 1. The second kappa shape index (κ2) is 9.06. The van der Waals surface area contributed by atoms with E-state index in [-0.39, 0.29) is 28.4 Å². The average molecular weight is 529 g/mol. The number of benzene rings is 1. The first-order valence-electron chi connectivity index (χ1n) is 13.4. The van der Waals surface area contributed by atoms with Crippen molar-refractivity contribution in [3.05, 3.63) is 29.4 Å². The Labute approximate surface area is 223 Å². The molecule has 4 heterocycles. The van der Waals surface area contributed by atoms with E-state index in [1.54, 1.807) is 6.20 Å². The summed E-state index contributed by atoms with van der Waals surface area (Å²) in [5, 5.41) is 16.1. The van der Waals surface area contributed by atoms with E-state index in [1.807, 2.05) is 12.1 Å². The van der Waals surface area contributed by atoms with Crippen molar-refractivity contribution in [2.45, 2.75) is 57.3 Å². The maximum atomic E-state index is 13.1. The number of carbonyl (C=O) groups excluding carboxylic acids is 1. The van der Waals surface area contributed by atoms with Gasteiger partial charge in [-0.1, -0.05) is 11.6 Å². The van der Waals surface area contributed by atoms with Crippen LogP contribution in [0.15, 0.2) is 24.4 Å². The molecule has 6 rings (SSSR count). The Morgan fingerprint density at radius 2 is 1.95 bits per heavy atom. The summed E-state index contributed by atoms with van der Waals surface area (Å²) in [6.07, 6.45) is 4.10. The molecule has 1 amide bonds. The lowest BCUT2D eigenvalue weighted by Crippen LogP contribution is -2.60. The normalized spacial score (nSPS) is 33.7. The van der Waals surface area contributed by atoms with Gasteiger partial charge in [0.1, 0.15) is 5.82 Å². The SMILES string of the molecule is CC1(C)CC2(CCO1)CC2C(=O)Nc1cc2cc(N3CCN([C@]4(C)COC[C@@H]4O)CC3)c(Cl)cc2cn1. The van der Waals surface area contributed by atoms with Crippen LogP contribution in [0.1, 0.15) is 40.0 Å². The third kappa shape index (κ3) is 4.61. The van der Waals surface area contributed by atoms with Gasteiger partial charge >= 0.3 is 0 Å². The fourth-order valence-corrected chi connectivity index (χ4v) is 7.09. The number of hydrogen-bond donors (Lipinski definition) is 2. The minimum absolute atomic E-state index is 0.0240. The van der Waals surface area contributed by atoms with E-state index in [1.165, 1.54) is 0 Å². The summed E-state index contributed by atoms with van der Waals surface area (Å²) in [7, 11) is 0. The third-order valence-corrected chi connectivity index (χ3v) is 9.45. The Bertz CT molecular complexity index is 1220. The number of nitrogens with zero attached hydrogens (tertiary/aromatic N) is 3. The number of carbonyl (C=O) groups is 1. The van der Waals surface area contributed by atoms with Gasteiger partial charge in [0, 0.05) is 50.3 Å². The monoisotopic (exact) mass is 528 g/mol. The van der Waals surface area contributed by atoms with Crippen LogP contribution in [-0.4, -0.2) is 84.1 Å². The molecule has 3 aliphatic heterocycles. The minimum Gasteiger partial charge on any atom is -0.389 e. The van der Waals surface area contributed by atoms with Crippen molar-refractivity contribution in [1.82, 2.24) is 9.88 Å². The highest BCUT2D eigenvalue weighted by molar-refractivity contribution is 6.34. The molecule has 4 aliphatic rings. The lowest BCUT2D eigenvalue weighted by molar-refractivity contribution is -0.120. The summed E-state index contributed by atoms with van der Waals surface area (Å²) >= 11 is 6.71. The van der Waals surface area contributed by atoms with Crippen LogP contribution >= 0.6 is 11.6 Å². The van der Waals surface area contributed by atoms with Crippen LogP contribution in [0, 0.1) is 11.3 Å². The quantitative estimate of drug-likeness (QED) is 0.625. The molecule has 8 nitrogen and oxygen atoms in total. The molecule has 9 heteroatoms. The molecule has 4 fully saturated rings. The number of halogens is 1. The van der Waals surface area contributed by atoms with Crippen LogP contribution in [0.5, 0.6) is 0 Å². The first kappa shape index (κ1) is 25.3. The fourth-order valence-electron chi connectivity index (χ4n) is 6.80. The van der Waals surface area contributed by atoms with Crippen molar-refractivity contribution in [3.63, 3.8) is 0 Å². The molecule has 2 aromatic rings. The zero-order valence-corrected chi connectivity index (χ0v) is 22.7. The Kier molecular flexibility index (Phi) is 6.20. The van der Waals surface area contributed by atoms with Gasteiger partial charge in [-0.2, -0.15) is 0 Å². The van der Waals surface area contributed by atoms with E-state index in [4.69, 9.17) is 21.1 Å². The van der Waals surface area contributed by atoms with Crippen LogP contribution in [0.3, 0.4) is 0 Å². The predicted molar refractivity (Wildman–Crippen MR) is 144 cm³/mol. The number of hydrogen-bond acceptors (Lipinski definition) is 7. The molecule has 0 radical (unpaired) electrons. The largest absolute Gasteiger partial charge is 0.389 e. The summed E-state index contributed by atoms with van der Waals surface area (Å²) in [6, 6.07) is 5.99. The Morgan fingerprint density at radius 1 is 1.16 bits per heavy atom. The number of fused-ring (bicyclic) bond motifs is 1. The van der Waals surface area contributed by atoms with E-state index >= 15 is 0 Å². The van der Waals surface area contributed by atoms with Crippen LogP contribution in [0.4, 0.5) is 11.5 Å². The summed E-state index contributed by atoms with van der Waals surface area (Å²) in [4.78, 5) is 22.2. The molecule has 2 unspecified atom stereocenters. The maximum Gasteiger partial charge on any atom is 0.229 e. The van der Waals surface area contributed by atoms with Crippen molar-refractivity contribution in [2.75, 3.05) is 56.2 Å². The standard InChI is InChI=1S/C28H37ClN4O4/c1-26(2)16-28(4-9-37-26)13-20(28)25(35)31-24-12-18-11-22(21(29)10-19(18)14-30-24)32-5-7-33(8-6-32)27(3)17-36-15-23(27)34/h10-12,14,20,23,34H,4-9,13,15-17H2,1-3H3,(H,30,31,35)/t20?,23-,27+,28?/m0/s1. The van der Waals surface area contributed by atoms with Crippen molar-refractivity contribution < 1.29 is 19.4 Å². The Morgan fingerprint density at radius 3 is 2.65 bits per heavy atom. The Balaban J connectivity index is 1.15. The second-order valence-electron chi connectivity index (χ2n) is 12.2. The van der Waals surface area contributed by atoms with Crippen LogP contribution in [0.25, 0.3) is 10.8 Å². The second-order valence-corrected chi connectivity index (χ2v) is 12.6. The lowest BCUT2D eigenvalue weighted by atomic mass is 9.83. The molecule has 0 bridgehead atoms. The third-order valence-electron chi connectivity index (χ3n) is 9.15. The van der Waals surface area contributed by atoms with Gasteiger partial charge in [-0.05, 0) is 69.0 Å². The van der Waals surface area contributed by atoms with Crippen molar-refractivity contribution in [3.8, 4) is 0 Å². The summed E-state index contributed by atoms with van der Waals surface area (Å²) in [5.74, 6) is 0.657. The van der Waals surface area contributed by atoms with Gasteiger partial charge in [0.2, 0.25) is 5.91 Å². The smallest absolute Gasteiger partial charge is 0.229 e. The number of ether oxygens (including phenoxy) is 2.